The van der Waals surface area contributed by atoms with Crippen molar-refractivity contribution >= 4 is 40.1 Å². The lowest BCUT2D eigenvalue weighted by molar-refractivity contribution is -0.134. The molecule has 1 aliphatic rings. The molecule has 1 fully saturated rings. The van der Waals surface area contributed by atoms with Gasteiger partial charge in [0.05, 0.1) is 11.0 Å². The van der Waals surface area contributed by atoms with E-state index in [1.807, 2.05) is 48.5 Å². The van der Waals surface area contributed by atoms with Gasteiger partial charge >= 0.3 is 0 Å². The zero-order chi connectivity index (χ0) is 20.6. The lowest BCUT2D eigenvalue weighted by Gasteiger charge is -2.25. The van der Waals surface area contributed by atoms with Crippen LogP contribution in [0.1, 0.15) is 37.6 Å². The largest absolute Gasteiger partial charge is 0.478 e. The van der Waals surface area contributed by atoms with Gasteiger partial charge in [0.1, 0.15) is 15.9 Å². The second kappa shape index (κ2) is 7.54. The number of halogens is 2. The molecule has 29 heavy (non-hydrogen) atoms. The minimum absolute atomic E-state index is 0.162. The Hall–Kier alpha value is -2.24. The first kappa shape index (κ1) is 20.0. The zero-order valence-corrected chi connectivity index (χ0v) is 17.8. The van der Waals surface area contributed by atoms with Gasteiger partial charge in [-0.05, 0) is 50.1 Å². The van der Waals surface area contributed by atoms with E-state index in [2.05, 4.69) is 15.3 Å². The summed E-state index contributed by atoms with van der Waals surface area (Å²) in [4.78, 5) is 20.4. The van der Waals surface area contributed by atoms with Crippen molar-refractivity contribution in [1.29, 1.82) is 0 Å². The van der Waals surface area contributed by atoms with Crippen LogP contribution in [0.3, 0.4) is 0 Å². The van der Waals surface area contributed by atoms with Gasteiger partial charge in [-0.3, -0.25) is 4.79 Å². The maximum Gasteiger partial charge on any atom is 0.263 e. The first-order chi connectivity index (χ1) is 13.7. The predicted molar refractivity (Wildman–Crippen MR) is 116 cm³/mol. The van der Waals surface area contributed by atoms with Gasteiger partial charge in [0.2, 0.25) is 0 Å². The number of hydrogen-bond donors (Lipinski definition) is 2. The summed E-state index contributed by atoms with van der Waals surface area (Å²) in [6.07, 6.45) is 1.38. The van der Waals surface area contributed by atoms with E-state index in [0.29, 0.717) is 18.7 Å². The summed E-state index contributed by atoms with van der Waals surface area (Å²) in [5.41, 5.74) is 1.99. The Morgan fingerprint density at radius 1 is 1.24 bits per heavy atom. The Morgan fingerprint density at radius 2 is 1.93 bits per heavy atom. The van der Waals surface area contributed by atoms with Crippen LogP contribution in [0.15, 0.2) is 48.5 Å². The van der Waals surface area contributed by atoms with Crippen LogP contribution in [0, 0.1) is 0 Å². The van der Waals surface area contributed by atoms with Crippen molar-refractivity contribution in [3.05, 3.63) is 59.9 Å². The van der Waals surface area contributed by atoms with Gasteiger partial charge in [-0.25, -0.2) is 4.98 Å². The van der Waals surface area contributed by atoms with Gasteiger partial charge in [0, 0.05) is 18.9 Å². The standard InChI is InChI=1S/C22H23Cl2N3O2/c1-21(2,29-15-9-7-14(8-10-15)16-13-22(16,23)24)20(28)25-12-11-19-26-17-5-3-4-6-18(17)27-19/h3-10,16H,11-13H2,1-2H3,(H,25,28)(H,26,27). The molecule has 1 unspecified atom stereocenters. The summed E-state index contributed by atoms with van der Waals surface area (Å²) in [7, 11) is 0. The van der Waals surface area contributed by atoms with Gasteiger partial charge in [0.15, 0.2) is 5.60 Å². The summed E-state index contributed by atoms with van der Waals surface area (Å²) in [6.45, 7) is 3.97. The Bertz CT molecular complexity index is 995. The second-order valence-corrected chi connectivity index (χ2v) is 9.45. The predicted octanol–water partition coefficient (Wildman–Crippen LogP) is 4.74. The summed E-state index contributed by atoms with van der Waals surface area (Å²) in [5.74, 6) is 1.45. The average Bonchev–Trinajstić information content (AvgIpc) is 3.12. The van der Waals surface area contributed by atoms with Crippen LogP contribution in [0.4, 0.5) is 0 Å². The van der Waals surface area contributed by atoms with Gasteiger partial charge < -0.3 is 15.0 Å². The molecular formula is C22H23Cl2N3O2. The molecule has 0 radical (unpaired) electrons. The van der Waals surface area contributed by atoms with Gasteiger partial charge in [-0.2, -0.15) is 0 Å². The fraction of sp³-hybridized carbons (Fsp3) is 0.364. The molecule has 1 amide bonds. The Kier molecular flexibility index (Phi) is 5.21. The number of rotatable bonds is 7. The highest BCUT2D eigenvalue weighted by atomic mass is 35.5. The molecule has 4 rings (SSSR count). The Labute approximate surface area is 179 Å². The molecule has 1 heterocycles. The van der Waals surface area contributed by atoms with Crippen molar-refractivity contribution < 1.29 is 9.53 Å². The minimum Gasteiger partial charge on any atom is -0.478 e. The van der Waals surface area contributed by atoms with E-state index in [0.717, 1.165) is 28.8 Å². The molecule has 2 N–H and O–H groups in total. The van der Waals surface area contributed by atoms with E-state index in [1.54, 1.807) is 13.8 Å². The fourth-order valence-electron chi connectivity index (χ4n) is 3.32. The number of amides is 1. The highest BCUT2D eigenvalue weighted by Gasteiger charge is 2.52. The van der Waals surface area contributed by atoms with Crippen molar-refractivity contribution in [2.24, 2.45) is 0 Å². The first-order valence-corrected chi connectivity index (χ1v) is 10.4. The quantitative estimate of drug-likeness (QED) is 0.530. The third-order valence-electron chi connectivity index (χ3n) is 5.11. The van der Waals surface area contributed by atoms with E-state index in [1.165, 1.54) is 0 Å². The van der Waals surface area contributed by atoms with Gasteiger partial charge in [-0.1, -0.05) is 24.3 Å². The highest BCUT2D eigenvalue weighted by Crippen LogP contribution is 2.59. The van der Waals surface area contributed by atoms with Gasteiger partial charge in [0.25, 0.3) is 5.91 Å². The maximum atomic E-state index is 12.6. The van der Waals surface area contributed by atoms with Crippen LogP contribution in [0.5, 0.6) is 5.75 Å². The Balaban J connectivity index is 1.30. The average molecular weight is 432 g/mol. The van der Waals surface area contributed by atoms with Crippen molar-refractivity contribution in [3.8, 4) is 5.75 Å². The van der Waals surface area contributed by atoms with E-state index in [9.17, 15) is 4.79 Å². The molecule has 0 saturated heterocycles. The molecule has 0 spiro atoms. The van der Waals surface area contributed by atoms with Crippen molar-refractivity contribution in [2.45, 2.75) is 42.5 Å². The van der Waals surface area contributed by atoms with Crippen molar-refractivity contribution in [3.63, 3.8) is 0 Å². The van der Waals surface area contributed by atoms with E-state index in [-0.39, 0.29) is 11.8 Å². The number of carbonyl (C=O) groups excluding carboxylic acids is 1. The number of carbonyl (C=O) groups is 1. The molecule has 1 aromatic heterocycles. The van der Waals surface area contributed by atoms with Crippen LogP contribution in [-0.4, -0.2) is 32.4 Å². The smallest absolute Gasteiger partial charge is 0.263 e. The minimum atomic E-state index is -1.00. The van der Waals surface area contributed by atoms with Crippen LogP contribution in [-0.2, 0) is 11.2 Å². The number of aromatic amines is 1. The van der Waals surface area contributed by atoms with Crippen LogP contribution in [0.2, 0.25) is 0 Å². The number of imidazole rings is 1. The third-order valence-corrected chi connectivity index (χ3v) is 5.95. The highest BCUT2D eigenvalue weighted by molar-refractivity contribution is 6.51. The van der Waals surface area contributed by atoms with Crippen LogP contribution >= 0.6 is 23.2 Å². The van der Waals surface area contributed by atoms with E-state index in [4.69, 9.17) is 27.9 Å². The number of aromatic nitrogens is 2. The van der Waals surface area contributed by atoms with Crippen molar-refractivity contribution in [2.75, 3.05) is 6.54 Å². The molecule has 2 aromatic carbocycles. The summed E-state index contributed by atoms with van der Waals surface area (Å²) < 4.78 is 5.27. The molecule has 1 saturated carbocycles. The molecule has 0 bridgehead atoms. The molecule has 5 nitrogen and oxygen atoms in total. The number of fused-ring (bicyclic) bond motifs is 1. The second-order valence-electron chi connectivity index (χ2n) is 7.91. The number of nitrogens with zero attached hydrogens (tertiary/aromatic N) is 1. The topological polar surface area (TPSA) is 67.0 Å². The molecule has 7 heteroatoms. The molecule has 1 aliphatic carbocycles. The number of hydrogen-bond acceptors (Lipinski definition) is 3. The SMILES string of the molecule is CC(C)(Oc1ccc(C2CC2(Cl)Cl)cc1)C(=O)NCCc1nc2ccccc2[nH]1. The number of alkyl halides is 2. The lowest BCUT2D eigenvalue weighted by Crippen LogP contribution is -2.47. The molecule has 3 aromatic rings. The fourth-order valence-corrected chi connectivity index (χ4v) is 3.88. The lowest BCUT2D eigenvalue weighted by atomic mass is 10.1. The number of ether oxygens (including phenoxy) is 1. The summed E-state index contributed by atoms with van der Waals surface area (Å²) >= 11 is 12.2. The third kappa shape index (κ3) is 4.51. The number of para-hydroxylation sites is 2. The Morgan fingerprint density at radius 3 is 2.59 bits per heavy atom. The maximum absolute atomic E-state index is 12.6. The first-order valence-electron chi connectivity index (χ1n) is 9.63. The normalized spacial score (nSPS) is 17.9. The summed E-state index contributed by atoms with van der Waals surface area (Å²) in [5, 5.41) is 2.93. The van der Waals surface area contributed by atoms with Crippen LogP contribution in [0.25, 0.3) is 11.0 Å². The number of nitrogens with one attached hydrogen (secondary N) is 2. The molecule has 0 aliphatic heterocycles. The van der Waals surface area contributed by atoms with E-state index < -0.39 is 9.93 Å². The molecular weight excluding hydrogens is 409 g/mol. The molecule has 1 atom stereocenters. The zero-order valence-electron chi connectivity index (χ0n) is 16.3. The van der Waals surface area contributed by atoms with E-state index >= 15 is 0 Å². The van der Waals surface area contributed by atoms with Gasteiger partial charge in [-0.15, -0.1) is 23.2 Å². The van der Waals surface area contributed by atoms with Crippen molar-refractivity contribution in [1.82, 2.24) is 15.3 Å². The monoisotopic (exact) mass is 431 g/mol. The molecule has 152 valence electrons. The number of benzene rings is 2. The van der Waals surface area contributed by atoms with Crippen LogP contribution < -0.4 is 10.1 Å². The summed E-state index contributed by atoms with van der Waals surface area (Å²) in [6, 6.07) is 15.4. The number of H-pyrrole nitrogens is 1.